The third-order valence-corrected chi connectivity index (χ3v) is 5.21. The molecule has 1 aliphatic rings. The summed E-state index contributed by atoms with van der Waals surface area (Å²) in [5.74, 6) is -0.0168. The third-order valence-electron chi connectivity index (χ3n) is 3.48. The van der Waals surface area contributed by atoms with Crippen molar-refractivity contribution in [3.8, 4) is 0 Å². The van der Waals surface area contributed by atoms with Crippen LogP contribution < -0.4 is 10.0 Å². The van der Waals surface area contributed by atoms with Crippen LogP contribution in [0.2, 0.25) is 0 Å². The highest BCUT2D eigenvalue weighted by atomic mass is 32.2. The highest BCUT2D eigenvalue weighted by Gasteiger charge is 2.25. The lowest BCUT2D eigenvalue weighted by atomic mass is 10.1. The number of hydrogen-bond donors (Lipinski definition) is 2. The monoisotopic (exact) mass is 296 g/mol. The number of sulfonamides is 1. The molecule has 1 amide bonds. The Labute approximate surface area is 119 Å². The molecular weight excluding hydrogens is 276 g/mol. The van der Waals surface area contributed by atoms with E-state index in [-0.39, 0.29) is 18.5 Å². The Morgan fingerprint density at radius 1 is 1.25 bits per heavy atom. The summed E-state index contributed by atoms with van der Waals surface area (Å²) in [6.07, 6.45) is 1.14. The Bertz CT molecular complexity index is 615. The van der Waals surface area contributed by atoms with Crippen molar-refractivity contribution in [2.75, 3.05) is 6.54 Å². The Kier molecular flexibility index (Phi) is 4.15. The Hall–Kier alpha value is -1.40. The molecule has 0 bridgehead atoms. The predicted octanol–water partition coefficient (Wildman–Crippen LogP) is 1.17. The number of rotatable bonds is 4. The van der Waals surface area contributed by atoms with E-state index in [1.54, 1.807) is 13.8 Å². The van der Waals surface area contributed by atoms with Gasteiger partial charge in [0.15, 0.2) is 0 Å². The minimum absolute atomic E-state index is 0.0168. The molecular formula is C14H20N2O3S. The second kappa shape index (κ2) is 5.54. The second-order valence-electron chi connectivity index (χ2n) is 5.38. The topological polar surface area (TPSA) is 75.3 Å². The number of carbonyl (C=O) groups excluding carboxylic acids is 1. The van der Waals surface area contributed by atoms with Crippen LogP contribution in [-0.4, -0.2) is 26.9 Å². The Morgan fingerprint density at radius 3 is 2.35 bits per heavy atom. The fourth-order valence-corrected chi connectivity index (χ4v) is 4.23. The van der Waals surface area contributed by atoms with Crippen molar-refractivity contribution < 1.29 is 13.2 Å². The van der Waals surface area contributed by atoms with Crippen LogP contribution >= 0.6 is 0 Å². The minimum atomic E-state index is -3.54. The van der Waals surface area contributed by atoms with Gasteiger partial charge >= 0.3 is 0 Å². The fourth-order valence-electron chi connectivity index (χ4n) is 2.70. The zero-order chi connectivity index (χ0) is 14.9. The molecule has 0 saturated carbocycles. The zero-order valence-corrected chi connectivity index (χ0v) is 12.8. The van der Waals surface area contributed by atoms with Crippen molar-refractivity contribution in [3.05, 3.63) is 28.8 Å². The highest BCUT2D eigenvalue weighted by Crippen LogP contribution is 2.21. The molecule has 20 heavy (non-hydrogen) atoms. The molecule has 1 atom stereocenters. The molecule has 1 unspecified atom stereocenters. The molecule has 0 spiro atoms. The first-order valence-electron chi connectivity index (χ1n) is 6.66. The lowest BCUT2D eigenvalue weighted by Crippen LogP contribution is -2.38. The van der Waals surface area contributed by atoms with Crippen molar-refractivity contribution in [2.24, 2.45) is 0 Å². The van der Waals surface area contributed by atoms with E-state index in [0.717, 1.165) is 16.7 Å². The molecule has 1 aliphatic heterocycles. The molecule has 1 heterocycles. The summed E-state index contributed by atoms with van der Waals surface area (Å²) < 4.78 is 27.4. The summed E-state index contributed by atoms with van der Waals surface area (Å²) in [7, 11) is -3.54. The van der Waals surface area contributed by atoms with Gasteiger partial charge < -0.3 is 5.32 Å². The van der Waals surface area contributed by atoms with Gasteiger partial charge in [0, 0.05) is 19.0 Å². The molecule has 1 fully saturated rings. The van der Waals surface area contributed by atoms with Crippen molar-refractivity contribution >= 4 is 15.9 Å². The van der Waals surface area contributed by atoms with Crippen LogP contribution in [0.3, 0.4) is 0 Å². The molecule has 1 aromatic carbocycles. The van der Waals surface area contributed by atoms with E-state index < -0.39 is 10.0 Å². The first-order chi connectivity index (χ1) is 9.29. The third kappa shape index (κ3) is 3.19. The predicted molar refractivity (Wildman–Crippen MR) is 77.0 cm³/mol. The van der Waals surface area contributed by atoms with Gasteiger partial charge in [-0.05, 0) is 38.3 Å². The van der Waals surface area contributed by atoms with Crippen LogP contribution in [-0.2, 0) is 14.8 Å². The maximum atomic E-state index is 12.4. The maximum absolute atomic E-state index is 12.4. The standard InChI is InChI=1S/C14H20N2O3S/c1-9-6-10(2)14(11(3)7-9)20(18,19)15-8-12-4-5-13(17)16-12/h6-7,12,15H,4-5,8H2,1-3H3,(H,16,17). The van der Waals surface area contributed by atoms with Gasteiger partial charge in [-0.1, -0.05) is 17.7 Å². The van der Waals surface area contributed by atoms with Crippen molar-refractivity contribution in [1.29, 1.82) is 0 Å². The van der Waals surface area contributed by atoms with Gasteiger partial charge in [0.2, 0.25) is 15.9 Å². The number of hydrogen-bond acceptors (Lipinski definition) is 3. The maximum Gasteiger partial charge on any atom is 0.241 e. The average molecular weight is 296 g/mol. The molecule has 110 valence electrons. The van der Waals surface area contributed by atoms with E-state index in [1.807, 2.05) is 19.1 Å². The van der Waals surface area contributed by atoms with E-state index in [4.69, 9.17) is 0 Å². The number of aryl methyl sites for hydroxylation is 3. The minimum Gasteiger partial charge on any atom is -0.352 e. The SMILES string of the molecule is Cc1cc(C)c(S(=O)(=O)NCC2CCC(=O)N2)c(C)c1. The van der Waals surface area contributed by atoms with Crippen LogP contribution in [0.1, 0.15) is 29.5 Å². The van der Waals surface area contributed by atoms with E-state index in [1.165, 1.54) is 0 Å². The van der Waals surface area contributed by atoms with Crippen molar-refractivity contribution in [2.45, 2.75) is 44.6 Å². The molecule has 0 aliphatic carbocycles. The summed E-state index contributed by atoms with van der Waals surface area (Å²) in [6, 6.07) is 3.61. The van der Waals surface area contributed by atoms with Crippen LogP contribution in [0.5, 0.6) is 0 Å². The molecule has 1 saturated heterocycles. The lowest BCUT2D eigenvalue weighted by molar-refractivity contribution is -0.119. The second-order valence-corrected chi connectivity index (χ2v) is 7.09. The molecule has 0 radical (unpaired) electrons. The van der Waals surface area contributed by atoms with E-state index in [2.05, 4.69) is 10.0 Å². The summed E-state index contributed by atoms with van der Waals surface area (Å²) in [5, 5.41) is 2.75. The summed E-state index contributed by atoms with van der Waals surface area (Å²) in [6.45, 7) is 5.77. The smallest absolute Gasteiger partial charge is 0.241 e. The van der Waals surface area contributed by atoms with Gasteiger partial charge in [0.1, 0.15) is 0 Å². The van der Waals surface area contributed by atoms with E-state index in [9.17, 15) is 13.2 Å². The van der Waals surface area contributed by atoms with Gasteiger partial charge in [-0.3, -0.25) is 4.79 Å². The van der Waals surface area contributed by atoms with Crippen LogP contribution in [0.4, 0.5) is 0 Å². The highest BCUT2D eigenvalue weighted by molar-refractivity contribution is 7.89. The quantitative estimate of drug-likeness (QED) is 0.876. The summed E-state index contributed by atoms with van der Waals surface area (Å²) in [5.41, 5.74) is 2.53. The molecule has 6 heteroatoms. The van der Waals surface area contributed by atoms with E-state index >= 15 is 0 Å². The summed E-state index contributed by atoms with van der Waals surface area (Å²) in [4.78, 5) is 11.4. The number of amides is 1. The number of benzene rings is 1. The fraction of sp³-hybridized carbons (Fsp3) is 0.500. The van der Waals surface area contributed by atoms with Crippen LogP contribution in [0.25, 0.3) is 0 Å². The van der Waals surface area contributed by atoms with Gasteiger partial charge in [-0.2, -0.15) is 0 Å². The Morgan fingerprint density at radius 2 is 1.85 bits per heavy atom. The molecule has 1 aromatic rings. The molecule has 2 rings (SSSR count). The van der Waals surface area contributed by atoms with Gasteiger partial charge in [0.25, 0.3) is 0 Å². The van der Waals surface area contributed by atoms with Gasteiger partial charge in [-0.25, -0.2) is 13.1 Å². The number of nitrogens with one attached hydrogen (secondary N) is 2. The molecule has 2 N–H and O–H groups in total. The normalized spacial score (nSPS) is 19.1. The largest absolute Gasteiger partial charge is 0.352 e. The average Bonchev–Trinajstić information content (AvgIpc) is 2.71. The van der Waals surface area contributed by atoms with Crippen molar-refractivity contribution in [1.82, 2.24) is 10.0 Å². The van der Waals surface area contributed by atoms with Crippen molar-refractivity contribution in [3.63, 3.8) is 0 Å². The first kappa shape index (κ1) is 15.0. The first-order valence-corrected chi connectivity index (χ1v) is 8.15. The van der Waals surface area contributed by atoms with Gasteiger partial charge in [0.05, 0.1) is 4.90 Å². The van der Waals surface area contributed by atoms with Crippen LogP contribution in [0.15, 0.2) is 17.0 Å². The molecule has 0 aromatic heterocycles. The number of carbonyl (C=O) groups is 1. The zero-order valence-electron chi connectivity index (χ0n) is 12.0. The lowest BCUT2D eigenvalue weighted by Gasteiger charge is -2.15. The molecule has 5 nitrogen and oxygen atoms in total. The Balaban J connectivity index is 2.16. The van der Waals surface area contributed by atoms with Crippen LogP contribution in [0, 0.1) is 20.8 Å². The van der Waals surface area contributed by atoms with E-state index in [0.29, 0.717) is 17.7 Å². The summed E-state index contributed by atoms with van der Waals surface area (Å²) >= 11 is 0. The van der Waals surface area contributed by atoms with Gasteiger partial charge in [-0.15, -0.1) is 0 Å².